The molecule has 2 atom stereocenters. The van der Waals surface area contributed by atoms with Crippen LogP contribution in [-0.4, -0.2) is 99.9 Å². The number of nitrogen functional groups attached to an aromatic ring is 1. The summed E-state index contributed by atoms with van der Waals surface area (Å²) in [5.74, 6) is -7.61. The highest BCUT2D eigenvalue weighted by molar-refractivity contribution is 8.00. The van der Waals surface area contributed by atoms with E-state index in [0.717, 1.165) is 40.1 Å². The molecule has 2 aliphatic rings. The van der Waals surface area contributed by atoms with Gasteiger partial charge in [0.25, 0.3) is 17.7 Å². The number of aromatic nitrogens is 1. The number of carbonyl (C=O) groups excluding carboxylic acids is 3. The van der Waals surface area contributed by atoms with Crippen LogP contribution < -0.4 is 16.4 Å². The van der Waals surface area contributed by atoms with Crippen LogP contribution in [0.25, 0.3) is 0 Å². The van der Waals surface area contributed by atoms with E-state index in [9.17, 15) is 54.5 Å². The maximum absolute atomic E-state index is 13.2. The number of oxime groups is 1. The van der Waals surface area contributed by atoms with Crippen LogP contribution in [-0.2, 0) is 24.0 Å². The Morgan fingerprint density at radius 1 is 1.27 bits per heavy atom. The first-order chi connectivity index (χ1) is 21.0. The number of nitrogens with zero attached hydrogens (tertiary/aromatic N) is 4. The number of hydrogen-bond acceptors (Lipinski definition) is 15. The van der Waals surface area contributed by atoms with Crippen molar-refractivity contribution < 1.29 is 54.2 Å². The number of aliphatic carboxylic acids is 2. The smallest absolute Gasteiger partial charge is 0.352 e. The summed E-state index contributed by atoms with van der Waals surface area (Å²) in [5, 5.41) is 58.7. The molecule has 3 amide bonds. The summed E-state index contributed by atoms with van der Waals surface area (Å²) in [6.07, 6.45) is 0. The molecule has 0 spiro atoms. The van der Waals surface area contributed by atoms with Gasteiger partial charge in [0.15, 0.2) is 16.6 Å². The predicted molar refractivity (Wildman–Crippen MR) is 154 cm³/mol. The number of amides is 3. The van der Waals surface area contributed by atoms with Crippen LogP contribution in [0.2, 0.25) is 0 Å². The van der Waals surface area contributed by atoms with Crippen molar-refractivity contribution in [1.82, 2.24) is 20.5 Å². The molecule has 2 aliphatic heterocycles. The molecule has 0 bridgehead atoms. The third kappa shape index (κ3) is 6.43. The zero-order valence-corrected chi connectivity index (χ0v) is 24.7. The molecule has 0 radical (unpaired) electrons. The zero-order valence-electron chi connectivity index (χ0n) is 23.0. The van der Waals surface area contributed by atoms with Gasteiger partial charge in [-0.2, -0.15) is 0 Å². The molecule has 0 aliphatic carbocycles. The van der Waals surface area contributed by atoms with E-state index < -0.39 is 92.3 Å². The number of carboxylic acids is 2. The first-order valence-electron chi connectivity index (χ1n) is 12.4. The number of benzene rings is 1. The van der Waals surface area contributed by atoms with Gasteiger partial charge >= 0.3 is 17.6 Å². The van der Waals surface area contributed by atoms with Crippen molar-refractivity contribution >= 4 is 69.3 Å². The quantitative estimate of drug-likeness (QED) is 0.0537. The molecule has 1 aromatic heterocycles. The first kappa shape index (κ1) is 32.5. The minimum Gasteiger partial charge on any atom is -0.504 e. The van der Waals surface area contributed by atoms with Crippen LogP contribution in [0.1, 0.15) is 29.9 Å². The largest absolute Gasteiger partial charge is 0.504 e. The van der Waals surface area contributed by atoms with Crippen LogP contribution in [0.3, 0.4) is 0 Å². The molecule has 1 fully saturated rings. The fourth-order valence-corrected chi connectivity index (χ4v) is 5.89. The van der Waals surface area contributed by atoms with Crippen LogP contribution >= 0.6 is 23.1 Å². The molecule has 2 aromatic rings. The van der Waals surface area contributed by atoms with Crippen molar-refractivity contribution in [3.05, 3.63) is 50.2 Å². The summed E-state index contributed by atoms with van der Waals surface area (Å²) < 4.78 is 0. The van der Waals surface area contributed by atoms with E-state index in [0.29, 0.717) is 0 Å². The molecular weight excluding hydrogens is 642 g/mol. The van der Waals surface area contributed by atoms with Crippen LogP contribution in [0.5, 0.6) is 11.5 Å². The Morgan fingerprint density at radius 3 is 2.53 bits per heavy atom. The van der Waals surface area contributed by atoms with Crippen LogP contribution in [0.15, 0.2) is 33.9 Å². The van der Waals surface area contributed by atoms with E-state index in [1.54, 1.807) is 0 Å². The van der Waals surface area contributed by atoms with Crippen molar-refractivity contribution in [2.75, 3.05) is 18.0 Å². The second-order valence-electron chi connectivity index (χ2n) is 9.84. The number of fused-ring (bicyclic) bond motifs is 1. The minimum atomic E-state index is -1.83. The molecule has 19 nitrogen and oxygen atoms in total. The number of β-lactam (4-membered cyclic amide) rings is 1. The molecule has 4 rings (SSSR count). The van der Waals surface area contributed by atoms with Gasteiger partial charge in [-0.1, -0.05) is 5.16 Å². The lowest BCUT2D eigenvalue weighted by Gasteiger charge is -2.49. The second-order valence-corrected chi connectivity index (χ2v) is 11.8. The highest BCUT2D eigenvalue weighted by Gasteiger charge is 2.54. The molecular formula is C24H23N7O12S2. The summed E-state index contributed by atoms with van der Waals surface area (Å²) in [5.41, 5.74) is 1.58. The normalized spacial score (nSPS) is 18.0. The fourth-order valence-electron chi connectivity index (χ4n) is 3.99. The van der Waals surface area contributed by atoms with Gasteiger partial charge in [0.2, 0.25) is 11.4 Å². The van der Waals surface area contributed by atoms with Gasteiger partial charge in [-0.3, -0.25) is 29.4 Å². The van der Waals surface area contributed by atoms with E-state index in [-0.39, 0.29) is 22.2 Å². The van der Waals surface area contributed by atoms with E-state index >= 15 is 0 Å². The maximum Gasteiger partial charge on any atom is 0.352 e. The Morgan fingerprint density at radius 2 is 1.96 bits per heavy atom. The summed E-state index contributed by atoms with van der Waals surface area (Å²) >= 11 is 2.02. The highest BCUT2D eigenvalue weighted by atomic mass is 32.2. The molecule has 0 saturated carbocycles. The number of phenolic OH excluding ortho intramolecular Hbond substituents is 2. The zero-order chi connectivity index (χ0) is 33.4. The molecule has 1 saturated heterocycles. The van der Waals surface area contributed by atoms with Crippen molar-refractivity contribution in [2.45, 2.75) is 30.9 Å². The number of hydrogen-bond donors (Lipinski definition) is 7. The number of nitro groups is 1. The molecule has 0 unspecified atom stereocenters. The van der Waals surface area contributed by atoms with Gasteiger partial charge in [-0.05, 0) is 25.5 Å². The average Bonchev–Trinajstić information content (AvgIpc) is 3.40. The highest BCUT2D eigenvalue weighted by Crippen LogP contribution is 2.40. The van der Waals surface area contributed by atoms with Crippen LogP contribution in [0, 0.1) is 10.1 Å². The lowest BCUT2D eigenvalue weighted by atomic mass is 10.0. The first-order valence-corrected chi connectivity index (χ1v) is 14.4. The Kier molecular flexibility index (Phi) is 8.86. The van der Waals surface area contributed by atoms with Crippen molar-refractivity contribution in [3.8, 4) is 11.5 Å². The molecule has 1 aromatic carbocycles. The number of nitrogens with two attached hydrogens (primary N) is 1. The Labute approximate surface area is 259 Å². The fraction of sp³-hybridized carbons (Fsp3) is 0.292. The lowest BCUT2D eigenvalue weighted by molar-refractivity contribution is -0.386. The number of carboxylic acid groups (broad SMARTS) is 2. The SMILES string of the molecule is CC(C)(O/N=C(\C(=O)N[C@@H]1C(=O)N2C(C(=O)O)=C(CNC(=O)c3cc(O)c(O)c([N+](=O)[O-])c3)CS[C@H]12)c1csc(N)n1)C(=O)O. The summed E-state index contributed by atoms with van der Waals surface area (Å²) in [6.45, 7) is 1.97. The van der Waals surface area contributed by atoms with E-state index in [1.807, 2.05) is 0 Å². The third-order valence-electron chi connectivity index (χ3n) is 6.39. The van der Waals surface area contributed by atoms with E-state index in [2.05, 4.69) is 20.8 Å². The number of rotatable bonds is 11. The van der Waals surface area contributed by atoms with Gasteiger partial charge < -0.3 is 41.6 Å². The Balaban J connectivity index is 1.51. The summed E-state index contributed by atoms with van der Waals surface area (Å²) in [7, 11) is 0. The Hall–Kier alpha value is -5.44. The number of phenols is 2. The minimum absolute atomic E-state index is 0.0246. The third-order valence-corrected chi connectivity index (χ3v) is 8.40. The van der Waals surface area contributed by atoms with Gasteiger partial charge in [-0.15, -0.1) is 23.1 Å². The van der Waals surface area contributed by atoms with Crippen molar-refractivity contribution in [2.24, 2.45) is 5.16 Å². The van der Waals surface area contributed by atoms with Crippen molar-refractivity contribution in [1.29, 1.82) is 0 Å². The lowest BCUT2D eigenvalue weighted by Crippen LogP contribution is -2.71. The number of carbonyl (C=O) groups is 5. The molecule has 45 heavy (non-hydrogen) atoms. The Bertz CT molecular complexity index is 1700. The number of aromatic hydroxyl groups is 2. The van der Waals surface area contributed by atoms with Gasteiger partial charge in [-0.25, -0.2) is 14.6 Å². The number of nitrogens with one attached hydrogen (secondary N) is 2. The van der Waals surface area contributed by atoms with Gasteiger partial charge in [0, 0.05) is 23.7 Å². The standard InChI is InChI=1S/C24H23N7O12S2/c1-24(2,22(39)40)43-29-13(10-7-45-23(25)27-10)18(35)28-14-19(36)30-15(21(37)38)9(6-44-20(14)30)5-26-17(34)8-3-11(31(41)42)16(33)12(32)4-8/h3-4,7,14,20,32-33H,5-6H2,1-2H3,(H2,25,27)(H,26,34)(H,28,35)(H,37,38)(H,39,40)/b29-13-/t14-,20-/m1/s1. The molecule has 238 valence electrons. The number of anilines is 1. The molecule has 21 heteroatoms. The van der Waals surface area contributed by atoms with Crippen molar-refractivity contribution in [3.63, 3.8) is 0 Å². The summed E-state index contributed by atoms with van der Waals surface area (Å²) in [4.78, 5) is 82.5. The maximum atomic E-state index is 13.2. The average molecular weight is 666 g/mol. The number of thioether (sulfide) groups is 1. The molecule has 8 N–H and O–H groups in total. The predicted octanol–water partition coefficient (Wildman–Crippen LogP) is -0.203. The monoisotopic (exact) mass is 665 g/mol. The van der Waals surface area contributed by atoms with Crippen LogP contribution in [0.4, 0.5) is 10.8 Å². The molecule has 3 heterocycles. The number of nitro benzene ring substituents is 1. The van der Waals surface area contributed by atoms with Gasteiger partial charge in [0.1, 0.15) is 22.8 Å². The topological polar surface area (TPSA) is 297 Å². The van der Waals surface area contributed by atoms with E-state index in [4.69, 9.17) is 10.6 Å². The number of thiazole rings is 1. The second kappa shape index (κ2) is 12.3. The van der Waals surface area contributed by atoms with E-state index in [1.165, 1.54) is 19.2 Å². The summed E-state index contributed by atoms with van der Waals surface area (Å²) in [6, 6.07) is 0.273. The van der Waals surface area contributed by atoms with Gasteiger partial charge in [0.05, 0.1) is 10.5 Å².